The minimum absolute atomic E-state index is 0.0566. The number of nitrogens with one attached hydrogen (secondary N) is 1. The molecule has 2 aromatic rings. The molecule has 0 fully saturated rings. The van der Waals surface area contributed by atoms with Crippen LogP contribution in [0.4, 0.5) is 5.69 Å². The van der Waals surface area contributed by atoms with Crippen molar-refractivity contribution in [1.29, 1.82) is 0 Å². The van der Waals surface area contributed by atoms with Crippen LogP contribution in [-0.2, 0) is 10.0 Å². The molecule has 10 heteroatoms. The molecule has 0 unspecified atom stereocenters. The predicted molar refractivity (Wildman–Crippen MR) is 72.3 cm³/mol. The van der Waals surface area contributed by atoms with Gasteiger partial charge < -0.3 is 14.4 Å². The third-order valence-electron chi connectivity index (χ3n) is 2.43. The Kier molecular flexibility index (Phi) is 4.05. The number of anilines is 1. The van der Waals surface area contributed by atoms with E-state index in [-0.39, 0.29) is 22.0 Å². The van der Waals surface area contributed by atoms with E-state index in [0.717, 1.165) is 31.7 Å². The molecule has 0 saturated carbocycles. The first kappa shape index (κ1) is 15.1. The first-order valence-corrected chi connectivity index (χ1v) is 7.24. The van der Waals surface area contributed by atoms with Crippen LogP contribution in [0.1, 0.15) is 10.4 Å². The van der Waals surface area contributed by atoms with Gasteiger partial charge in [0.1, 0.15) is 22.4 Å². The second kappa shape index (κ2) is 5.62. The zero-order valence-corrected chi connectivity index (χ0v) is 12.1. The van der Waals surface area contributed by atoms with E-state index >= 15 is 0 Å². The molecule has 0 spiro atoms. The standard InChI is InChI=1S/C11H9ClN2O6S/c1-19-10-8(11(15)16)2-6(12)3-9(10)21(17,18)14-7-4-13-20-5-7/h2-5,14H,1H3,(H,15,16). The molecule has 2 rings (SSSR count). The second-order valence-corrected chi connectivity index (χ2v) is 5.90. The number of ether oxygens (including phenoxy) is 1. The van der Waals surface area contributed by atoms with E-state index in [9.17, 15) is 13.2 Å². The van der Waals surface area contributed by atoms with Gasteiger partial charge in [0.15, 0.2) is 5.75 Å². The molecule has 0 aliphatic heterocycles. The van der Waals surface area contributed by atoms with Gasteiger partial charge in [-0.1, -0.05) is 16.8 Å². The van der Waals surface area contributed by atoms with Crippen molar-refractivity contribution in [2.75, 3.05) is 11.8 Å². The number of methoxy groups -OCH3 is 1. The largest absolute Gasteiger partial charge is 0.494 e. The van der Waals surface area contributed by atoms with E-state index in [0.29, 0.717) is 0 Å². The van der Waals surface area contributed by atoms with Gasteiger partial charge in [-0.3, -0.25) is 4.72 Å². The maximum absolute atomic E-state index is 12.3. The Morgan fingerprint density at radius 3 is 2.71 bits per heavy atom. The van der Waals surface area contributed by atoms with Crippen LogP contribution in [0.25, 0.3) is 0 Å². The van der Waals surface area contributed by atoms with E-state index < -0.39 is 20.9 Å². The fourth-order valence-corrected chi connectivity index (χ4v) is 3.13. The van der Waals surface area contributed by atoms with Gasteiger partial charge in [-0.05, 0) is 12.1 Å². The van der Waals surface area contributed by atoms with Crippen LogP contribution in [-0.4, -0.2) is 31.8 Å². The molecule has 0 radical (unpaired) electrons. The molecular formula is C11H9ClN2O6S. The van der Waals surface area contributed by atoms with Crippen molar-refractivity contribution >= 4 is 33.3 Å². The van der Waals surface area contributed by atoms with Gasteiger partial charge in [0.05, 0.1) is 13.3 Å². The van der Waals surface area contributed by atoms with Gasteiger partial charge in [-0.15, -0.1) is 0 Å². The SMILES string of the molecule is COc1c(C(=O)O)cc(Cl)cc1S(=O)(=O)Nc1cnoc1. The highest BCUT2D eigenvalue weighted by Gasteiger charge is 2.26. The number of nitrogens with zero attached hydrogens (tertiary/aromatic N) is 1. The minimum atomic E-state index is -4.13. The molecular weight excluding hydrogens is 324 g/mol. The van der Waals surface area contributed by atoms with Crippen LogP contribution >= 0.6 is 11.6 Å². The number of benzene rings is 1. The highest BCUT2D eigenvalue weighted by atomic mass is 35.5. The summed E-state index contributed by atoms with van der Waals surface area (Å²) >= 11 is 5.77. The summed E-state index contributed by atoms with van der Waals surface area (Å²) in [7, 11) is -2.97. The van der Waals surface area contributed by atoms with Crippen molar-refractivity contribution in [2.45, 2.75) is 4.90 Å². The zero-order chi connectivity index (χ0) is 15.6. The quantitative estimate of drug-likeness (QED) is 0.857. The average molecular weight is 333 g/mol. The Hall–Kier alpha value is -2.26. The van der Waals surface area contributed by atoms with Gasteiger partial charge in [0, 0.05) is 5.02 Å². The van der Waals surface area contributed by atoms with E-state index in [1.54, 1.807) is 0 Å². The highest BCUT2D eigenvalue weighted by molar-refractivity contribution is 7.92. The average Bonchev–Trinajstić information content (AvgIpc) is 2.89. The summed E-state index contributed by atoms with van der Waals surface area (Å²) in [6, 6.07) is 2.18. The lowest BCUT2D eigenvalue weighted by molar-refractivity contribution is 0.0693. The number of carboxylic acids is 1. The van der Waals surface area contributed by atoms with E-state index in [1.807, 2.05) is 0 Å². The van der Waals surface area contributed by atoms with Gasteiger partial charge >= 0.3 is 5.97 Å². The van der Waals surface area contributed by atoms with Gasteiger partial charge in [0.2, 0.25) is 0 Å². The number of hydrogen-bond acceptors (Lipinski definition) is 6. The van der Waals surface area contributed by atoms with Crippen LogP contribution in [0.2, 0.25) is 5.02 Å². The van der Waals surface area contributed by atoms with Gasteiger partial charge in [0.25, 0.3) is 10.0 Å². The van der Waals surface area contributed by atoms with Crippen LogP contribution < -0.4 is 9.46 Å². The fraction of sp³-hybridized carbons (Fsp3) is 0.0909. The molecule has 1 aromatic heterocycles. The lowest BCUT2D eigenvalue weighted by atomic mass is 10.2. The molecule has 0 saturated heterocycles. The van der Waals surface area contributed by atoms with Crippen molar-refractivity contribution in [2.24, 2.45) is 0 Å². The van der Waals surface area contributed by atoms with Crippen LogP contribution in [0, 0.1) is 0 Å². The topological polar surface area (TPSA) is 119 Å². The number of carbonyl (C=O) groups is 1. The Morgan fingerprint density at radius 2 is 2.19 bits per heavy atom. The molecule has 0 aliphatic rings. The molecule has 1 aromatic carbocycles. The lowest BCUT2D eigenvalue weighted by Crippen LogP contribution is -2.15. The second-order valence-electron chi connectivity index (χ2n) is 3.81. The summed E-state index contributed by atoms with van der Waals surface area (Å²) in [5, 5.41) is 12.4. The van der Waals surface area contributed by atoms with Crippen molar-refractivity contribution in [3.05, 3.63) is 35.2 Å². The Labute approximate surface area is 124 Å². The molecule has 0 bridgehead atoms. The highest BCUT2D eigenvalue weighted by Crippen LogP contribution is 2.32. The molecule has 0 aliphatic carbocycles. The molecule has 112 valence electrons. The third kappa shape index (κ3) is 3.09. The molecule has 21 heavy (non-hydrogen) atoms. The van der Waals surface area contributed by atoms with Crippen molar-refractivity contribution in [1.82, 2.24) is 5.16 Å². The molecule has 8 nitrogen and oxygen atoms in total. The summed E-state index contributed by atoms with van der Waals surface area (Å²) < 4.78 is 36.2. The maximum Gasteiger partial charge on any atom is 0.339 e. The number of hydrogen-bond donors (Lipinski definition) is 2. The fourth-order valence-electron chi connectivity index (χ4n) is 1.60. The number of aromatic carboxylic acids is 1. The number of aromatic nitrogens is 1. The summed E-state index contributed by atoms with van der Waals surface area (Å²) in [5.74, 6) is -1.69. The summed E-state index contributed by atoms with van der Waals surface area (Å²) in [6.07, 6.45) is 2.22. The third-order valence-corrected chi connectivity index (χ3v) is 4.03. The van der Waals surface area contributed by atoms with Gasteiger partial charge in [-0.25, -0.2) is 13.2 Å². The lowest BCUT2D eigenvalue weighted by Gasteiger charge is -2.13. The van der Waals surface area contributed by atoms with E-state index in [1.165, 1.54) is 0 Å². The predicted octanol–water partition coefficient (Wildman–Crippen LogP) is 1.84. The van der Waals surface area contributed by atoms with Crippen LogP contribution in [0.3, 0.4) is 0 Å². The summed E-state index contributed by atoms with van der Waals surface area (Å²) in [4.78, 5) is 10.7. The van der Waals surface area contributed by atoms with E-state index in [4.69, 9.17) is 21.4 Å². The van der Waals surface area contributed by atoms with E-state index in [2.05, 4.69) is 14.4 Å². The molecule has 2 N–H and O–H groups in total. The van der Waals surface area contributed by atoms with Crippen molar-refractivity contribution in [3.63, 3.8) is 0 Å². The molecule has 0 atom stereocenters. The number of halogens is 1. The first-order chi connectivity index (χ1) is 9.85. The zero-order valence-electron chi connectivity index (χ0n) is 10.5. The van der Waals surface area contributed by atoms with Crippen LogP contribution in [0.5, 0.6) is 5.75 Å². The smallest absolute Gasteiger partial charge is 0.339 e. The van der Waals surface area contributed by atoms with Crippen molar-refractivity contribution in [3.8, 4) is 5.75 Å². The Balaban J connectivity index is 2.59. The molecule has 0 amide bonds. The summed E-state index contributed by atoms with van der Waals surface area (Å²) in [6.45, 7) is 0. The Bertz CT molecular complexity index is 772. The van der Waals surface area contributed by atoms with Gasteiger partial charge in [-0.2, -0.15) is 0 Å². The van der Waals surface area contributed by atoms with Crippen molar-refractivity contribution < 1.29 is 27.6 Å². The number of rotatable bonds is 5. The minimum Gasteiger partial charge on any atom is -0.494 e. The number of carboxylic acid groups (broad SMARTS) is 1. The first-order valence-electron chi connectivity index (χ1n) is 5.38. The molecule has 1 heterocycles. The van der Waals surface area contributed by atoms with Crippen LogP contribution in [0.15, 0.2) is 34.0 Å². The summed E-state index contributed by atoms with van der Waals surface area (Å²) in [5.41, 5.74) is -0.287. The Morgan fingerprint density at radius 1 is 1.48 bits per heavy atom. The number of sulfonamides is 1. The maximum atomic E-state index is 12.3. The normalized spacial score (nSPS) is 11.1. The monoisotopic (exact) mass is 332 g/mol.